The highest BCUT2D eigenvalue weighted by Gasteiger charge is 2.39. The van der Waals surface area contributed by atoms with Gasteiger partial charge in [0.25, 0.3) is 0 Å². The Morgan fingerprint density at radius 1 is 1.33 bits per heavy atom. The van der Waals surface area contributed by atoms with Crippen LogP contribution in [0.25, 0.3) is 0 Å². The monoisotopic (exact) mass is 295 g/mol. The molecule has 0 saturated carbocycles. The van der Waals surface area contributed by atoms with E-state index in [1.165, 1.54) is 6.07 Å². The highest BCUT2D eigenvalue weighted by Crippen LogP contribution is 2.30. The van der Waals surface area contributed by atoms with Gasteiger partial charge in [-0.15, -0.1) is 0 Å². The van der Waals surface area contributed by atoms with Gasteiger partial charge in [-0.25, -0.2) is 9.18 Å². The van der Waals surface area contributed by atoms with E-state index in [0.29, 0.717) is 31.1 Å². The highest BCUT2D eigenvalue weighted by atomic mass is 19.1. The normalized spacial score (nSPS) is 15.1. The number of hydrogen-bond acceptors (Lipinski definition) is 3. The number of para-hydroxylation sites is 1. The van der Waals surface area contributed by atoms with E-state index in [4.69, 9.17) is 4.74 Å². The lowest BCUT2D eigenvalue weighted by Gasteiger charge is -2.34. The van der Waals surface area contributed by atoms with E-state index in [2.05, 4.69) is 19.2 Å². The van der Waals surface area contributed by atoms with E-state index in [0.717, 1.165) is 6.42 Å². The molecule has 118 valence electrons. The van der Waals surface area contributed by atoms with Crippen molar-refractivity contribution in [1.82, 2.24) is 0 Å². The number of halogens is 1. The summed E-state index contributed by atoms with van der Waals surface area (Å²) in [4.78, 5) is 12.5. The lowest BCUT2D eigenvalue weighted by atomic mass is 9.84. The largest absolute Gasteiger partial charge is 0.464 e. The lowest BCUT2D eigenvalue weighted by Crippen LogP contribution is -2.48. The maximum absolute atomic E-state index is 13.9. The van der Waals surface area contributed by atoms with Gasteiger partial charge in [0, 0.05) is 0 Å². The van der Waals surface area contributed by atoms with Crippen LogP contribution in [0, 0.1) is 11.7 Å². The summed E-state index contributed by atoms with van der Waals surface area (Å²) in [6.07, 6.45) is 2.12. The van der Waals surface area contributed by atoms with Crippen LogP contribution in [0.2, 0.25) is 0 Å². The zero-order chi connectivity index (χ0) is 15.9. The maximum atomic E-state index is 13.9. The van der Waals surface area contributed by atoms with Crippen molar-refractivity contribution in [2.75, 3.05) is 11.9 Å². The molecule has 0 spiro atoms. The molecule has 1 aromatic carbocycles. The summed E-state index contributed by atoms with van der Waals surface area (Å²) in [5.74, 6) is -0.326. The molecule has 1 rings (SSSR count). The standard InChI is InChI=1S/C17H26FNO2/c1-5-13(4)12-17(6-2,16(20)21-7-3)19-15-11-9-8-10-14(15)18/h8-11,13,19H,5-7,12H2,1-4H3. The number of carbonyl (C=O) groups excluding carboxylic acids is 1. The molecular formula is C17H26FNO2. The van der Waals surface area contributed by atoms with Crippen LogP contribution in [0.1, 0.15) is 47.0 Å². The van der Waals surface area contributed by atoms with Gasteiger partial charge in [-0.05, 0) is 37.8 Å². The Morgan fingerprint density at radius 2 is 2.00 bits per heavy atom. The van der Waals surface area contributed by atoms with E-state index < -0.39 is 5.54 Å². The van der Waals surface area contributed by atoms with Crippen molar-refractivity contribution in [3.63, 3.8) is 0 Å². The summed E-state index contributed by atoms with van der Waals surface area (Å²) in [5, 5.41) is 3.11. The quantitative estimate of drug-likeness (QED) is 0.723. The second-order valence-electron chi connectivity index (χ2n) is 5.48. The first-order valence-corrected chi connectivity index (χ1v) is 7.69. The van der Waals surface area contributed by atoms with Crippen LogP contribution in [-0.4, -0.2) is 18.1 Å². The minimum Gasteiger partial charge on any atom is -0.464 e. The Labute approximate surface area is 126 Å². The number of hydrogen-bond donors (Lipinski definition) is 1. The molecular weight excluding hydrogens is 269 g/mol. The molecule has 21 heavy (non-hydrogen) atoms. The average molecular weight is 295 g/mol. The number of rotatable bonds is 8. The van der Waals surface area contributed by atoms with Crippen LogP contribution in [-0.2, 0) is 9.53 Å². The number of carbonyl (C=O) groups is 1. The first kappa shape index (κ1) is 17.5. The van der Waals surface area contributed by atoms with Crippen molar-refractivity contribution in [3.05, 3.63) is 30.1 Å². The minimum absolute atomic E-state index is 0.309. The second-order valence-corrected chi connectivity index (χ2v) is 5.48. The third-order valence-corrected chi connectivity index (χ3v) is 3.91. The van der Waals surface area contributed by atoms with E-state index in [1.807, 2.05) is 6.92 Å². The summed E-state index contributed by atoms with van der Waals surface area (Å²) in [7, 11) is 0. The number of benzene rings is 1. The predicted octanol–water partition coefficient (Wildman–Crippen LogP) is 4.39. The molecule has 0 aromatic heterocycles. The molecule has 2 atom stereocenters. The van der Waals surface area contributed by atoms with Gasteiger partial charge in [-0.3, -0.25) is 0 Å². The average Bonchev–Trinajstić information content (AvgIpc) is 2.48. The van der Waals surface area contributed by atoms with Gasteiger partial charge in [0.15, 0.2) is 0 Å². The fraction of sp³-hybridized carbons (Fsp3) is 0.588. The Hall–Kier alpha value is -1.58. The molecule has 2 unspecified atom stereocenters. The lowest BCUT2D eigenvalue weighted by molar-refractivity contribution is -0.149. The molecule has 0 amide bonds. The third kappa shape index (κ3) is 4.45. The zero-order valence-corrected chi connectivity index (χ0v) is 13.4. The Morgan fingerprint density at radius 3 is 2.52 bits per heavy atom. The second kappa shape index (κ2) is 8.01. The Balaban J connectivity index is 3.10. The van der Waals surface area contributed by atoms with Gasteiger partial charge in [0.1, 0.15) is 11.4 Å². The van der Waals surface area contributed by atoms with Gasteiger partial charge < -0.3 is 10.1 Å². The van der Waals surface area contributed by atoms with Crippen LogP contribution >= 0.6 is 0 Å². The van der Waals surface area contributed by atoms with Crippen LogP contribution in [0.3, 0.4) is 0 Å². The van der Waals surface area contributed by atoms with Crippen LogP contribution in [0.15, 0.2) is 24.3 Å². The fourth-order valence-electron chi connectivity index (χ4n) is 2.39. The van der Waals surface area contributed by atoms with Crippen molar-refractivity contribution in [1.29, 1.82) is 0 Å². The van der Waals surface area contributed by atoms with Crippen LogP contribution in [0.5, 0.6) is 0 Å². The van der Waals surface area contributed by atoms with Crippen molar-refractivity contribution in [2.45, 2.75) is 52.5 Å². The van der Waals surface area contributed by atoms with E-state index in [1.54, 1.807) is 25.1 Å². The summed E-state index contributed by atoms with van der Waals surface area (Å²) in [5.41, 5.74) is -0.538. The minimum atomic E-state index is -0.881. The first-order valence-electron chi connectivity index (χ1n) is 7.69. The summed E-state index contributed by atoms with van der Waals surface area (Å²) in [6, 6.07) is 6.42. The SMILES string of the molecule is CCOC(=O)C(CC)(CC(C)CC)Nc1ccccc1F. The van der Waals surface area contributed by atoms with E-state index in [-0.39, 0.29) is 11.8 Å². The smallest absolute Gasteiger partial charge is 0.331 e. The van der Waals surface area contributed by atoms with E-state index >= 15 is 0 Å². The van der Waals surface area contributed by atoms with E-state index in [9.17, 15) is 9.18 Å². The van der Waals surface area contributed by atoms with Crippen molar-refractivity contribution < 1.29 is 13.9 Å². The molecule has 0 radical (unpaired) electrons. The fourth-order valence-corrected chi connectivity index (χ4v) is 2.39. The summed E-state index contributed by atoms with van der Waals surface area (Å²) < 4.78 is 19.1. The molecule has 0 aliphatic carbocycles. The number of esters is 1. The zero-order valence-electron chi connectivity index (χ0n) is 13.4. The van der Waals surface area contributed by atoms with Crippen molar-refractivity contribution in [3.8, 4) is 0 Å². The summed E-state index contributed by atoms with van der Waals surface area (Å²) >= 11 is 0. The highest BCUT2D eigenvalue weighted by molar-refractivity contribution is 5.84. The molecule has 0 bridgehead atoms. The molecule has 0 aliphatic heterocycles. The van der Waals surface area contributed by atoms with Gasteiger partial charge in [-0.1, -0.05) is 39.3 Å². The summed E-state index contributed by atoms with van der Waals surface area (Å²) in [6.45, 7) is 8.20. The maximum Gasteiger partial charge on any atom is 0.331 e. The third-order valence-electron chi connectivity index (χ3n) is 3.91. The molecule has 0 saturated heterocycles. The number of ether oxygens (including phenoxy) is 1. The van der Waals surface area contributed by atoms with Crippen LogP contribution in [0.4, 0.5) is 10.1 Å². The van der Waals surface area contributed by atoms with Gasteiger partial charge in [-0.2, -0.15) is 0 Å². The Kier molecular flexibility index (Phi) is 6.66. The predicted molar refractivity (Wildman–Crippen MR) is 83.7 cm³/mol. The van der Waals surface area contributed by atoms with Gasteiger partial charge >= 0.3 is 5.97 Å². The molecule has 3 nitrogen and oxygen atoms in total. The van der Waals surface area contributed by atoms with Gasteiger partial charge in [0.2, 0.25) is 0 Å². The van der Waals surface area contributed by atoms with Crippen LogP contribution < -0.4 is 5.32 Å². The molecule has 1 N–H and O–H groups in total. The van der Waals surface area contributed by atoms with Gasteiger partial charge in [0.05, 0.1) is 12.3 Å². The topological polar surface area (TPSA) is 38.3 Å². The van der Waals surface area contributed by atoms with Crippen molar-refractivity contribution in [2.24, 2.45) is 5.92 Å². The Bertz CT molecular complexity index is 464. The van der Waals surface area contributed by atoms with Crippen molar-refractivity contribution >= 4 is 11.7 Å². The molecule has 0 heterocycles. The number of anilines is 1. The molecule has 4 heteroatoms. The number of nitrogens with one attached hydrogen (secondary N) is 1. The molecule has 0 aliphatic rings. The molecule has 1 aromatic rings. The molecule has 0 fully saturated rings. The first-order chi connectivity index (χ1) is 9.99.